The van der Waals surface area contributed by atoms with Gasteiger partial charge in [-0.2, -0.15) is 0 Å². The van der Waals surface area contributed by atoms with Crippen LogP contribution < -0.4 is 5.73 Å². The number of hydrogen-bond donors (Lipinski definition) is 1. The molecule has 0 aliphatic heterocycles. The summed E-state index contributed by atoms with van der Waals surface area (Å²) in [5.74, 6) is 0. The van der Waals surface area contributed by atoms with Gasteiger partial charge in [-0.3, -0.25) is 0 Å². The Morgan fingerprint density at radius 1 is 0.947 bits per heavy atom. The Morgan fingerprint density at radius 2 is 1.74 bits per heavy atom. The summed E-state index contributed by atoms with van der Waals surface area (Å²) >= 11 is 3.60. The summed E-state index contributed by atoms with van der Waals surface area (Å²) in [6.07, 6.45) is 2.13. The molecule has 0 unspecified atom stereocenters. The fourth-order valence-corrected chi connectivity index (χ4v) is 2.82. The number of nitrogens with two attached hydrogens (primary N) is 1. The Morgan fingerprint density at radius 3 is 2.53 bits per heavy atom. The van der Waals surface area contributed by atoms with E-state index >= 15 is 0 Å². The van der Waals surface area contributed by atoms with E-state index in [2.05, 4.69) is 69.2 Å². The highest BCUT2D eigenvalue weighted by atomic mass is 79.9. The van der Waals surface area contributed by atoms with Crippen LogP contribution in [0.4, 0.5) is 0 Å². The van der Waals surface area contributed by atoms with Gasteiger partial charge in [0, 0.05) is 34.7 Å². The Balaban J connectivity index is 2.05. The Bertz CT molecular complexity index is 716. The molecule has 96 valence electrons. The first-order chi connectivity index (χ1) is 9.29. The minimum Gasteiger partial charge on any atom is -0.343 e. The number of rotatable bonds is 3. The van der Waals surface area contributed by atoms with E-state index < -0.39 is 0 Å². The summed E-state index contributed by atoms with van der Waals surface area (Å²) in [4.78, 5) is 0. The highest BCUT2D eigenvalue weighted by molar-refractivity contribution is 9.10. The number of aromatic nitrogens is 1. The number of nitrogens with zero attached hydrogens (tertiary/aromatic N) is 1. The van der Waals surface area contributed by atoms with Crippen molar-refractivity contribution in [1.29, 1.82) is 0 Å². The van der Waals surface area contributed by atoms with E-state index in [1.54, 1.807) is 0 Å². The van der Waals surface area contributed by atoms with Crippen LogP contribution in [0.5, 0.6) is 0 Å². The van der Waals surface area contributed by atoms with Gasteiger partial charge < -0.3 is 10.3 Å². The number of hydrogen-bond acceptors (Lipinski definition) is 1. The number of fused-ring (bicyclic) bond motifs is 1. The van der Waals surface area contributed by atoms with Crippen LogP contribution in [0, 0.1) is 0 Å². The van der Waals surface area contributed by atoms with Crippen LogP contribution in [-0.4, -0.2) is 4.57 Å². The maximum atomic E-state index is 5.79. The molecule has 0 spiro atoms. The van der Waals surface area contributed by atoms with Gasteiger partial charge in [0.25, 0.3) is 0 Å². The van der Waals surface area contributed by atoms with Crippen LogP contribution in [0.3, 0.4) is 0 Å². The second-order valence-electron chi connectivity index (χ2n) is 4.59. The van der Waals surface area contributed by atoms with Crippen molar-refractivity contribution in [2.45, 2.75) is 13.1 Å². The van der Waals surface area contributed by atoms with Crippen molar-refractivity contribution in [3.63, 3.8) is 0 Å². The minimum absolute atomic E-state index is 0.580. The molecule has 3 aromatic rings. The molecule has 0 fully saturated rings. The lowest BCUT2D eigenvalue weighted by Crippen LogP contribution is -2.00. The van der Waals surface area contributed by atoms with Gasteiger partial charge in [-0.25, -0.2) is 0 Å². The standard InChI is InChI=1S/C16H15BrN2/c17-15-6-2-1-4-13(15)11-19-9-8-14-12(10-18)5-3-7-16(14)19/h1-9H,10-11,18H2. The third-order valence-corrected chi connectivity index (χ3v) is 4.20. The summed E-state index contributed by atoms with van der Waals surface area (Å²) in [6.45, 7) is 1.44. The molecule has 0 amide bonds. The van der Waals surface area contributed by atoms with Crippen molar-refractivity contribution < 1.29 is 0 Å². The van der Waals surface area contributed by atoms with Gasteiger partial charge in [-0.15, -0.1) is 0 Å². The van der Waals surface area contributed by atoms with Crippen molar-refractivity contribution in [3.05, 3.63) is 70.3 Å². The molecular weight excluding hydrogens is 300 g/mol. The van der Waals surface area contributed by atoms with Gasteiger partial charge in [0.2, 0.25) is 0 Å². The van der Waals surface area contributed by atoms with E-state index in [-0.39, 0.29) is 0 Å². The summed E-state index contributed by atoms with van der Waals surface area (Å²) < 4.78 is 3.40. The lowest BCUT2D eigenvalue weighted by Gasteiger charge is -2.08. The average Bonchev–Trinajstić information content (AvgIpc) is 2.84. The SMILES string of the molecule is NCc1cccc2c1ccn2Cc1ccccc1Br. The van der Waals surface area contributed by atoms with Crippen LogP contribution in [0.25, 0.3) is 10.9 Å². The molecule has 0 bridgehead atoms. The Hall–Kier alpha value is -1.58. The molecule has 2 aromatic carbocycles. The highest BCUT2D eigenvalue weighted by Crippen LogP contribution is 2.23. The van der Waals surface area contributed by atoms with Gasteiger partial charge in [0.05, 0.1) is 0 Å². The first-order valence-corrected chi connectivity index (χ1v) is 7.09. The largest absolute Gasteiger partial charge is 0.343 e. The van der Waals surface area contributed by atoms with Crippen LogP contribution >= 0.6 is 15.9 Å². The van der Waals surface area contributed by atoms with E-state index in [4.69, 9.17) is 5.73 Å². The molecule has 0 saturated heterocycles. The normalized spacial score (nSPS) is 11.1. The summed E-state index contributed by atoms with van der Waals surface area (Å²) in [6, 6.07) is 16.8. The topological polar surface area (TPSA) is 30.9 Å². The zero-order chi connectivity index (χ0) is 13.2. The molecule has 0 saturated carbocycles. The van der Waals surface area contributed by atoms with Gasteiger partial charge >= 0.3 is 0 Å². The smallest absolute Gasteiger partial charge is 0.0487 e. The molecule has 1 aromatic heterocycles. The van der Waals surface area contributed by atoms with Gasteiger partial charge in [0.15, 0.2) is 0 Å². The van der Waals surface area contributed by atoms with Crippen LogP contribution in [0.1, 0.15) is 11.1 Å². The van der Waals surface area contributed by atoms with Crippen molar-refractivity contribution in [2.75, 3.05) is 0 Å². The van der Waals surface area contributed by atoms with E-state index in [1.165, 1.54) is 22.0 Å². The first kappa shape index (κ1) is 12.5. The lowest BCUT2D eigenvalue weighted by atomic mass is 10.1. The quantitative estimate of drug-likeness (QED) is 0.780. The predicted octanol–water partition coefficient (Wildman–Crippen LogP) is 3.91. The van der Waals surface area contributed by atoms with E-state index in [1.807, 2.05) is 6.07 Å². The van der Waals surface area contributed by atoms with Crippen molar-refractivity contribution in [2.24, 2.45) is 5.73 Å². The van der Waals surface area contributed by atoms with Gasteiger partial charge in [-0.05, 0) is 29.3 Å². The fraction of sp³-hybridized carbons (Fsp3) is 0.125. The molecule has 1 heterocycles. The molecule has 0 aliphatic rings. The Labute approximate surface area is 121 Å². The molecular formula is C16H15BrN2. The van der Waals surface area contributed by atoms with Gasteiger partial charge in [-0.1, -0.05) is 46.3 Å². The fourth-order valence-electron chi connectivity index (χ4n) is 2.41. The monoisotopic (exact) mass is 314 g/mol. The maximum Gasteiger partial charge on any atom is 0.0487 e. The van der Waals surface area contributed by atoms with E-state index in [0.717, 1.165) is 11.0 Å². The third kappa shape index (κ3) is 2.31. The summed E-state index contributed by atoms with van der Waals surface area (Å²) in [5, 5.41) is 1.25. The second kappa shape index (κ2) is 5.19. The van der Waals surface area contributed by atoms with Crippen LogP contribution in [-0.2, 0) is 13.1 Å². The maximum absolute atomic E-state index is 5.79. The van der Waals surface area contributed by atoms with E-state index in [0.29, 0.717) is 6.54 Å². The van der Waals surface area contributed by atoms with Crippen molar-refractivity contribution >= 4 is 26.8 Å². The molecule has 3 rings (SSSR count). The number of benzene rings is 2. The highest BCUT2D eigenvalue weighted by Gasteiger charge is 2.06. The summed E-state index contributed by atoms with van der Waals surface area (Å²) in [5.41, 5.74) is 9.49. The number of halogens is 1. The second-order valence-corrected chi connectivity index (χ2v) is 5.44. The molecule has 0 aliphatic carbocycles. The molecule has 0 atom stereocenters. The van der Waals surface area contributed by atoms with E-state index in [9.17, 15) is 0 Å². The molecule has 2 N–H and O–H groups in total. The van der Waals surface area contributed by atoms with Gasteiger partial charge in [0.1, 0.15) is 0 Å². The van der Waals surface area contributed by atoms with Crippen molar-refractivity contribution in [1.82, 2.24) is 4.57 Å². The average molecular weight is 315 g/mol. The predicted molar refractivity (Wildman–Crippen MR) is 83.1 cm³/mol. The minimum atomic E-state index is 0.580. The molecule has 3 heteroatoms. The zero-order valence-electron chi connectivity index (χ0n) is 10.5. The summed E-state index contributed by atoms with van der Waals surface area (Å²) in [7, 11) is 0. The zero-order valence-corrected chi connectivity index (χ0v) is 12.1. The van der Waals surface area contributed by atoms with Crippen LogP contribution in [0.15, 0.2) is 59.2 Å². The third-order valence-electron chi connectivity index (χ3n) is 3.42. The molecule has 19 heavy (non-hydrogen) atoms. The lowest BCUT2D eigenvalue weighted by molar-refractivity contribution is 0.833. The first-order valence-electron chi connectivity index (χ1n) is 6.30. The van der Waals surface area contributed by atoms with Crippen molar-refractivity contribution in [3.8, 4) is 0 Å². The van der Waals surface area contributed by atoms with Crippen LogP contribution in [0.2, 0.25) is 0 Å². The molecule has 0 radical (unpaired) electrons. The molecule has 2 nitrogen and oxygen atoms in total. The Kier molecular flexibility index (Phi) is 3.40.